The molecule has 0 bridgehead atoms. The Labute approximate surface area is 122 Å². The molecule has 2 rings (SSSR count). The van der Waals surface area contributed by atoms with Crippen molar-refractivity contribution in [1.82, 2.24) is 9.80 Å². The summed E-state index contributed by atoms with van der Waals surface area (Å²) in [5, 5.41) is 0. The van der Waals surface area contributed by atoms with Gasteiger partial charge in [0.2, 0.25) is 0 Å². The Morgan fingerprint density at radius 3 is 2.95 bits per heavy atom. The van der Waals surface area contributed by atoms with E-state index in [-0.39, 0.29) is 0 Å². The normalized spacial score (nSPS) is 20.2. The molecular weight excluding hydrogens is 250 g/mol. The summed E-state index contributed by atoms with van der Waals surface area (Å²) < 4.78 is 5.73. The van der Waals surface area contributed by atoms with Gasteiger partial charge in [0, 0.05) is 19.1 Å². The number of likely N-dealkylation sites (tertiary alicyclic amines) is 1. The number of benzene rings is 1. The zero-order valence-electron chi connectivity index (χ0n) is 12.7. The molecule has 112 valence electrons. The summed E-state index contributed by atoms with van der Waals surface area (Å²) in [5.41, 5.74) is 6.57. The van der Waals surface area contributed by atoms with Crippen LogP contribution in [0.3, 0.4) is 0 Å². The van der Waals surface area contributed by atoms with Crippen LogP contribution in [0.1, 0.15) is 19.3 Å². The third kappa shape index (κ3) is 4.39. The number of hydrogen-bond acceptors (Lipinski definition) is 4. The van der Waals surface area contributed by atoms with Crippen LogP contribution in [0.5, 0.6) is 5.75 Å². The molecule has 1 unspecified atom stereocenters. The van der Waals surface area contributed by atoms with E-state index in [1.165, 1.54) is 25.9 Å². The number of ether oxygens (including phenoxy) is 1. The van der Waals surface area contributed by atoms with Gasteiger partial charge in [0.25, 0.3) is 0 Å². The fraction of sp³-hybridized carbons (Fsp3) is 0.625. The minimum atomic E-state index is 0.690. The van der Waals surface area contributed by atoms with Gasteiger partial charge in [-0.15, -0.1) is 0 Å². The first-order valence-electron chi connectivity index (χ1n) is 7.53. The Morgan fingerprint density at radius 2 is 2.20 bits per heavy atom. The van der Waals surface area contributed by atoms with Crippen molar-refractivity contribution in [3.8, 4) is 5.75 Å². The molecule has 20 heavy (non-hydrogen) atoms. The van der Waals surface area contributed by atoms with Gasteiger partial charge in [-0.2, -0.15) is 0 Å². The van der Waals surface area contributed by atoms with E-state index < -0.39 is 0 Å². The molecule has 0 radical (unpaired) electrons. The first kappa shape index (κ1) is 15.1. The molecule has 1 saturated heterocycles. The van der Waals surface area contributed by atoms with Crippen LogP contribution in [0, 0.1) is 0 Å². The van der Waals surface area contributed by atoms with Crippen LogP contribution in [0.25, 0.3) is 0 Å². The van der Waals surface area contributed by atoms with E-state index in [1.54, 1.807) is 0 Å². The zero-order valence-corrected chi connectivity index (χ0v) is 12.7. The molecule has 1 aliphatic rings. The summed E-state index contributed by atoms with van der Waals surface area (Å²) in [6.07, 6.45) is 3.65. The maximum Gasteiger partial charge on any atom is 0.142 e. The number of rotatable bonds is 6. The van der Waals surface area contributed by atoms with Crippen molar-refractivity contribution in [2.24, 2.45) is 0 Å². The Kier molecular flexibility index (Phi) is 5.68. The molecule has 0 spiro atoms. The molecular formula is C16H27N3O. The summed E-state index contributed by atoms with van der Waals surface area (Å²) >= 11 is 0. The van der Waals surface area contributed by atoms with E-state index in [9.17, 15) is 0 Å². The lowest BCUT2D eigenvalue weighted by molar-refractivity contribution is 0.128. The number of piperidine rings is 1. The van der Waals surface area contributed by atoms with Crippen molar-refractivity contribution in [3.05, 3.63) is 24.3 Å². The SMILES string of the molecule is CN1CCCC(N(C)CCCOc2ccccc2N)C1. The van der Waals surface area contributed by atoms with E-state index in [2.05, 4.69) is 23.9 Å². The Bertz CT molecular complexity index is 410. The van der Waals surface area contributed by atoms with E-state index in [0.29, 0.717) is 6.04 Å². The van der Waals surface area contributed by atoms with Crippen molar-refractivity contribution >= 4 is 5.69 Å². The number of likely N-dealkylation sites (N-methyl/N-ethyl adjacent to an activating group) is 2. The lowest BCUT2D eigenvalue weighted by Crippen LogP contribution is -2.45. The molecule has 0 saturated carbocycles. The smallest absolute Gasteiger partial charge is 0.142 e. The Hall–Kier alpha value is -1.26. The maximum atomic E-state index is 5.85. The molecule has 1 heterocycles. The zero-order chi connectivity index (χ0) is 14.4. The van der Waals surface area contributed by atoms with Gasteiger partial charge in [0.1, 0.15) is 5.75 Å². The van der Waals surface area contributed by atoms with Crippen LogP contribution in [0.4, 0.5) is 5.69 Å². The largest absolute Gasteiger partial charge is 0.491 e. The Balaban J connectivity index is 1.66. The molecule has 1 aromatic rings. The van der Waals surface area contributed by atoms with Gasteiger partial charge in [-0.05, 0) is 52.0 Å². The monoisotopic (exact) mass is 277 g/mol. The summed E-state index contributed by atoms with van der Waals surface area (Å²) in [6, 6.07) is 8.37. The highest BCUT2D eigenvalue weighted by molar-refractivity contribution is 5.51. The van der Waals surface area contributed by atoms with Crippen LogP contribution in [-0.2, 0) is 0 Å². The number of nitrogens with zero attached hydrogens (tertiary/aromatic N) is 2. The van der Waals surface area contributed by atoms with Crippen molar-refractivity contribution in [2.45, 2.75) is 25.3 Å². The van der Waals surface area contributed by atoms with Gasteiger partial charge in [-0.3, -0.25) is 0 Å². The highest BCUT2D eigenvalue weighted by Crippen LogP contribution is 2.20. The van der Waals surface area contributed by atoms with Crippen LogP contribution in [0.2, 0.25) is 0 Å². The van der Waals surface area contributed by atoms with Gasteiger partial charge in [-0.25, -0.2) is 0 Å². The van der Waals surface area contributed by atoms with E-state index >= 15 is 0 Å². The second-order valence-corrected chi connectivity index (χ2v) is 5.78. The van der Waals surface area contributed by atoms with Crippen LogP contribution < -0.4 is 10.5 Å². The quantitative estimate of drug-likeness (QED) is 0.638. The van der Waals surface area contributed by atoms with Gasteiger partial charge in [-0.1, -0.05) is 12.1 Å². The lowest BCUT2D eigenvalue weighted by Gasteiger charge is -2.35. The van der Waals surface area contributed by atoms with E-state index in [4.69, 9.17) is 10.5 Å². The van der Waals surface area contributed by atoms with Crippen molar-refractivity contribution in [2.75, 3.05) is 46.1 Å². The van der Waals surface area contributed by atoms with Crippen LogP contribution >= 0.6 is 0 Å². The average Bonchev–Trinajstić information content (AvgIpc) is 2.45. The average molecular weight is 277 g/mol. The van der Waals surface area contributed by atoms with Gasteiger partial charge in [0.05, 0.1) is 12.3 Å². The summed E-state index contributed by atoms with van der Waals surface area (Å²) in [6.45, 7) is 4.22. The van der Waals surface area contributed by atoms with Gasteiger partial charge >= 0.3 is 0 Å². The number of nitrogens with two attached hydrogens (primary N) is 1. The first-order valence-corrected chi connectivity index (χ1v) is 7.53. The minimum absolute atomic E-state index is 0.690. The van der Waals surface area contributed by atoms with E-state index in [1.807, 2.05) is 24.3 Å². The fourth-order valence-corrected chi connectivity index (χ4v) is 2.79. The van der Waals surface area contributed by atoms with E-state index in [0.717, 1.165) is 31.0 Å². The summed E-state index contributed by atoms with van der Waals surface area (Å²) in [5.74, 6) is 0.799. The number of anilines is 1. The van der Waals surface area contributed by atoms with Crippen LogP contribution in [0.15, 0.2) is 24.3 Å². The van der Waals surface area contributed by atoms with Crippen molar-refractivity contribution in [3.63, 3.8) is 0 Å². The van der Waals surface area contributed by atoms with Gasteiger partial charge in [0.15, 0.2) is 0 Å². The van der Waals surface area contributed by atoms with Gasteiger partial charge < -0.3 is 20.3 Å². The predicted molar refractivity (Wildman–Crippen MR) is 84.1 cm³/mol. The summed E-state index contributed by atoms with van der Waals surface area (Å²) in [7, 11) is 4.43. The third-order valence-corrected chi connectivity index (χ3v) is 4.05. The third-order valence-electron chi connectivity index (χ3n) is 4.05. The number of hydrogen-bond donors (Lipinski definition) is 1. The standard InChI is InChI=1S/C16H27N3O/c1-18-10-5-7-14(13-18)19(2)11-6-12-20-16-9-4-3-8-15(16)17/h3-4,8-9,14H,5-7,10-13,17H2,1-2H3. The molecule has 4 heteroatoms. The lowest BCUT2D eigenvalue weighted by atomic mass is 10.1. The molecule has 0 aliphatic carbocycles. The molecule has 2 N–H and O–H groups in total. The second kappa shape index (κ2) is 7.50. The molecule has 4 nitrogen and oxygen atoms in total. The number of para-hydroxylation sites is 2. The first-order chi connectivity index (χ1) is 9.66. The molecule has 1 aromatic carbocycles. The Morgan fingerprint density at radius 1 is 1.40 bits per heavy atom. The molecule has 1 fully saturated rings. The van der Waals surface area contributed by atoms with Crippen LogP contribution in [-0.4, -0.2) is 56.2 Å². The topological polar surface area (TPSA) is 41.7 Å². The summed E-state index contributed by atoms with van der Waals surface area (Å²) in [4.78, 5) is 4.89. The fourth-order valence-electron chi connectivity index (χ4n) is 2.79. The van der Waals surface area contributed by atoms with Crippen molar-refractivity contribution in [1.29, 1.82) is 0 Å². The molecule has 0 amide bonds. The predicted octanol–water partition coefficient (Wildman–Crippen LogP) is 2.06. The molecule has 0 aromatic heterocycles. The minimum Gasteiger partial charge on any atom is -0.491 e. The number of nitrogen functional groups attached to an aromatic ring is 1. The molecule has 1 aliphatic heterocycles. The maximum absolute atomic E-state index is 5.85. The second-order valence-electron chi connectivity index (χ2n) is 5.78. The highest BCUT2D eigenvalue weighted by Gasteiger charge is 2.20. The molecule has 1 atom stereocenters. The van der Waals surface area contributed by atoms with Crippen molar-refractivity contribution < 1.29 is 4.74 Å². The highest BCUT2D eigenvalue weighted by atomic mass is 16.5.